The molecule has 2 N–H and O–H groups in total. The number of hydrogen-bond acceptors (Lipinski definition) is 3. The van der Waals surface area contributed by atoms with Gasteiger partial charge in [-0.15, -0.1) is 0 Å². The Morgan fingerprint density at radius 3 is 2.44 bits per heavy atom. The van der Waals surface area contributed by atoms with Crippen molar-refractivity contribution in [3.05, 3.63) is 29.3 Å². The van der Waals surface area contributed by atoms with Crippen LogP contribution in [-0.2, 0) is 23.1 Å². The summed E-state index contributed by atoms with van der Waals surface area (Å²) in [6.07, 6.45) is 0.773. The van der Waals surface area contributed by atoms with Crippen LogP contribution < -0.4 is 4.72 Å². The second-order valence-electron chi connectivity index (χ2n) is 4.69. The molecule has 0 fully saturated rings. The number of rotatable bonds is 6. The van der Waals surface area contributed by atoms with Gasteiger partial charge in [0.15, 0.2) is 0 Å². The predicted molar refractivity (Wildman–Crippen MR) is 71.8 cm³/mol. The molecule has 1 aromatic rings. The van der Waals surface area contributed by atoms with Crippen LogP contribution in [0.3, 0.4) is 0 Å². The molecule has 5 heteroatoms. The Balaban J connectivity index is 3.02. The van der Waals surface area contributed by atoms with Crippen LogP contribution in [0.5, 0.6) is 0 Å². The van der Waals surface area contributed by atoms with Crippen molar-refractivity contribution in [2.45, 2.75) is 38.7 Å². The molecule has 0 aliphatic rings. The summed E-state index contributed by atoms with van der Waals surface area (Å²) in [7, 11) is -3.47. The van der Waals surface area contributed by atoms with E-state index in [0.717, 1.165) is 12.0 Å². The van der Waals surface area contributed by atoms with E-state index >= 15 is 0 Å². The highest BCUT2D eigenvalue weighted by atomic mass is 32.2. The Labute approximate surface area is 109 Å². The Morgan fingerprint density at radius 2 is 1.94 bits per heavy atom. The number of nitrogens with one attached hydrogen (secondary N) is 1. The van der Waals surface area contributed by atoms with Crippen LogP contribution >= 0.6 is 0 Å². The van der Waals surface area contributed by atoms with Crippen molar-refractivity contribution in [2.24, 2.45) is 5.92 Å². The van der Waals surface area contributed by atoms with Gasteiger partial charge in [-0.2, -0.15) is 0 Å². The van der Waals surface area contributed by atoms with Gasteiger partial charge >= 0.3 is 0 Å². The molecule has 0 saturated heterocycles. The number of aliphatic hydroxyl groups is 1. The minimum Gasteiger partial charge on any atom is -0.392 e. The third-order valence-electron chi connectivity index (χ3n) is 2.72. The lowest BCUT2D eigenvalue weighted by atomic mass is 10.1. The fourth-order valence-electron chi connectivity index (χ4n) is 1.62. The Kier molecular flexibility index (Phi) is 5.31. The van der Waals surface area contributed by atoms with Crippen molar-refractivity contribution < 1.29 is 13.5 Å². The summed E-state index contributed by atoms with van der Waals surface area (Å²) in [5, 5.41) is 9.24. The van der Waals surface area contributed by atoms with Crippen LogP contribution in [0.2, 0.25) is 0 Å². The molecule has 0 saturated carbocycles. The average molecular weight is 271 g/mol. The number of hydrogen-bond donors (Lipinski definition) is 2. The van der Waals surface area contributed by atoms with Gasteiger partial charge in [-0.1, -0.05) is 26.8 Å². The molecule has 0 atom stereocenters. The first-order valence-corrected chi connectivity index (χ1v) is 7.61. The van der Waals surface area contributed by atoms with Gasteiger partial charge in [0, 0.05) is 6.54 Å². The molecule has 0 aromatic heterocycles. The maximum Gasteiger partial charge on any atom is 0.240 e. The van der Waals surface area contributed by atoms with Crippen molar-refractivity contribution in [1.82, 2.24) is 4.72 Å². The topological polar surface area (TPSA) is 66.4 Å². The summed E-state index contributed by atoms with van der Waals surface area (Å²) in [6.45, 7) is 6.13. The molecule has 0 unspecified atom stereocenters. The third kappa shape index (κ3) is 3.80. The smallest absolute Gasteiger partial charge is 0.240 e. The van der Waals surface area contributed by atoms with E-state index in [1.165, 1.54) is 0 Å². The van der Waals surface area contributed by atoms with E-state index in [9.17, 15) is 13.5 Å². The van der Waals surface area contributed by atoms with Crippen molar-refractivity contribution in [3.63, 3.8) is 0 Å². The first-order chi connectivity index (χ1) is 8.40. The van der Waals surface area contributed by atoms with Crippen molar-refractivity contribution in [3.8, 4) is 0 Å². The zero-order chi connectivity index (χ0) is 13.8. The molecule has 102 valence electrons. The maximum absolute atomic E-state index is 12.0. The molecule has 0 amide bonds. The highest BCUT2D eigenvalue weighted by Gasteiger charge is 2.15. The summed E-state index contributed by atoms with van der Waals surface area (Å²) in [5.41, 5.74) is 1.64. The third-order valence-corrected chi connectivity index (χ3v) is 4.14. The summed E-state index contributed by atoms with van der Waals surface area (Å²) < 4.78 is 26.6. The number of benzene rings is 1. The van der Waals surface area contributed by atoms with E-state index in [1.807, 2.05) is 20.8 Å². The normalized spacial score (nSPS) is 12.1. The van der Waals surface area contributed by atoms with Crippen LogP contribution in [0.25, 0.3) is 0 Å². The highest BCUT2D eigenvalue weighted by Crippen LogP contribution is 2.17. The molecule has 0 bridgehead atoms. The molecule has 0 aliphatic heterocycles. The van der Waals surface area contributed by atoms with Gasteiger partial charge in [-0.05, 0) is 35.6 Å². The molecule has 1 aromatic carbocycles. The Bertz CT molecular complexity index is 495. The molecule has 0 spiro atoms. The molecule has 0 heterocycles. The van der Waals surface area contributed by atoms with E-state index in [0.29, 0.717) is 12.1 Å². The van der Waals surface area contributed by atoms with Crippen LogP contribution in [0.1, 0.15) is 31.9 Å². The fourth-order valence-corrected chi connectivity index (χ4v) is 2.89. The maximum atomic E-state index is 12.0. The van der Waals surface area contributed by atoms with Gasteiger partial charge in [-0.3, -0.25) is 0 Å². The predicted octanol–water partition coefficient (Wildman–Crippen LogP) is 1.68. The number of aryl methyl sites for hydroxylation is 1. The minimum absolute atomic E-state index is 0.142. The van der Waals surface area contributed by atoms with Gasteiger partial charge < -0.3 is 5.11 Å². The first-order valence-electron chi connectivity index (χ1n) is 6.13. The zero-order valence-electron chi connectivity index (χ0n) is 11.1. The van der Waals surface area contributed by atoms with Crippen molar-refractivity contribution >= 4 is 10.0 Å². The number of aliphatic hydroxyl groups excluding tert-OH is 1. The van der Waals surface area contributed by atoms with E-state index in [2.05, 4.69) is 4.72 Å². The van der Waals surface area contributed by atoms with Gasteiger partial charge in [-0.25, -0.2) is 13.1 Å². The van der Waals surface area contributed by atoms with Crippen LogP contribution in [-0.4, -0.2) is 20.1 Å². The van der Waals surface area contributed by atoms with Gasteiger partial charge in [0.05, 0.1) is 11.5 Å². The van der Waals surface area contributed by atoms with Crippen LogP contribution in [0, 0.1) is 5.92 Å². The second kappa shape index (κ2) is 6.31. The average Bonchev–Trinajstić information content (AvgIpc) is 2.35. The van der Waals surface area contributed by atoms with Gasteiger partial charge in [0.1, 0.15) is 0 Å². The van der Waals surface area contributed by atoms with E-state index in [4.69, 9.17) is 0 Å². The molecule has 0 aliphatic carbocycles. The summed E-state index contributed by atoms with van der Waals surface area (Å²) in [5.74, 6) is 0.256. The molecule has 0 radical (unpaired) electrons. The standard InChI is InChI=1S/C13H21NO3S/c1-4-11-5-6-13(7-12(11)9-15)18(16,17)14-8-10(2)3/h5-7,10,14-15H,4,8-9H2,1-3H3. The molecule has 1 rings (SSSR count). The summed E-state index contributed by atoms with van der Waals surface area (Å²) in [4.78, 5) is 0.212. The monoisotopic (exact) mass is 271 g/mol. The largest absolute Gasteiger partial charge is 0.392 e. The fraction of sp³-hybridized carbons (Fsp3) is 0.538. The quantitative estimate of drug-likeness (QED) is 0.827. The van der Waals surface area contributed by atoms with Gasteiger partial charge in [0.2, 0.25) is 10.0 Å². The SMILES string of the molecule is CCc1ccc(S(=O)(=O)NCC(C)C)cc1CO. The summed E-state index contributed by atoms with van der Waals surface area (Å²) in [6, 6.07) is 4.89. The lowest BCUT2D eigenvalue weighted by Gasteiger charge is -2.11. The van der Waals surface area contributed by atoms with Gasteiger partial charge in [0.25, 0.3) is 0 Å². The molecular weight excluding hydrogens is 250 g/mol. The van der Waals surface area contributed by atoms with Crippen molar-refractivity contribution in [1.29, 1.82) is 0 Å². The van der Waals surface area contributed by atoms with Crippen molar-refractivity contribution in [2.75, 3.05) is 6.54 Å². The first kappa shape index (κ1) is 15.1. The van der Waals surface area contributed by atoms with E-state index in [1.54, 1.807) is 18.2 Å². The van der Waals surface area contributed by atoms with Crippen LogP contribution in [0.4, 0.5) is 0 Å². The highest BCUT2D eigenvalue weighted by molar-refractivity contribution is 7.89. The Hall–Kier alpha value is -0.910. The van der Waals surface area contributed by atoms with E-state index < -0.39 is 10.0 Å². The minimum atomic E-state index is -3.47. The molecular formula is C13H21NO3S. The second-order valence-corrected chi connectivity index (χ2v) is 6.45. The molecule has 18 heavy (non-hydrogen) atoms. The molecule has 4 nitrogen and oxygen atoms in total. The zero-order valence-corrected chi connectivity index (χ0v) is 11.9. The lowest BCUT2D eigenvalue weighted by Crippen LogP contribution is -2.27. The summed E-state index contributed by atoms with van der Waals surface area (Å²) >= 11 is 0. The lowest BCUT2D eigenvalue weighted by molar-refractivity contribution is 0.280. The van der Waals surface area contributed by atoms with Crippen LogP contribution in [0.15, 0.2) is 23.1 Å². The van der Waals surface area contributed by atoms with E-state index in [-0.39, 0.29) is 17.4 Å². The Morgan fingerprint density at radius 1 is 1.28 bits per heavy atom. The number of sulfonamides is 1.